The number of para-hydroxylation sites is 1. The number of hydrogen-bond acceptors (Lipinski definition) is 7. The lowest BCUT2D eigenvalue weighted by Crippen LogP contribution is -2.56. The number of benzene rings is 1. The normalized spacial score (nSPS) is 22.3. The first kappa shape index (κ1) is 25.4. The lowest BCUT2D eigenvalue weighted by molar-refractivity contribution is -0.122. The smallest absolute Gasteiger partial charge is 0.290 e. The average molecular weight is 483 g/mol. The molecule has 2 aromatic rings. The van der Waals surface area contributed by atoms with Crippen molar-refractivity contribution in [2.45, 2.75) is 63.5 Å². The molecule has 3 fully saturated rings. The van der Waals surface area contributed by atoms with Crippen LogP contribution in [-0.2, 0) is 4.79 Å². The molecular weight excluding hydrogens is 444 g/mol. The third-order valence-corrected chi connectivity index (χ3v) is 7.63. The zero-order valence-electron chi connectivity index (χ0n) is 20.8. The van der Waals surface area contributed by atoms with E-state index in [0.717, 1.165) is 30.6 Å². The highest BCUT2D eigenvalue weighted by Crippen LogP contribution is 2.49. The lowest BCUT2D eigenvalue weighted by Gasteiger charge is -2.50. The molecule has 0 radical (unpaired) electrons. The second kappa shape index (κ2) is 10.9. The van der Waals surface area contributed by atoms with Crippen LogP contribution in [0.4, 0.5) is 5.69 Å². The molecule has 190 valence electrons. The molecule has 1 aromatic heterocycles. The predicted octanol–water partition coefficient (Wildman–Crippen LogP) is 3.57. The summed E-state index contributed by atoms with van der Waals surface area (Å²) < 4.78 is 6.00. The Morgan fingerprint density at radius 1 is 1.14 bits per heavy atom. The van der Waals surface area contributed by atoms with Gasteiger partial charge in [0.15, 0.2) is 0 Å². The number of aliphatic hydroxyl groups is 1. The van der Waals surface area contributed by atoms with Crippen molar-refractivity contribution in [3.05, 3.63) is 48.5 Å². The average Bonchev–Trinajstić information content (AvgIpc) is 3.29. The van der Waals surface area contributed by atoms with Crippen LogP contribution in [0.1, 0.15) is 57.4 Å². The first-order chi connectivity index (χ1) is 16.8. The van der Waals surface area contributed by atoms with E-state index in [1.807, 2.05) is 24.5 Å². The van der Waals surface area contributed by atoms with E-state index < -0.39 is 5.60 Å². The number of rotatable bonds is 6. The highest BCUT2D eigenvalue weighted by Gasteiger charge is 2.49. The maximum Gasteiger partial charge on any atom is 0.290 e. The maximum absolute atomic E-state index is 10.0. The number of anilines is 1. The Morgan fingerprint density at radius 3 is 2.46 bits per heavy atom. The Morgan fingerprint density at radius 2 is 1.80 bits per heavy atom. The van der Waals surface area contributed by atoms with E-state index in [9.17, 15) is 5.11 Å². The first-order valence-electron chi connectivity index (χ1n) is 12.6. The summed E-state index contributed by atoms with van der Waals surface area (Å²) in [5.74, 6) is 1.48. The molecule has 1 spiro atoms. The molecule has 8 heteroatoms. The zero-order valence-corrected chi connectivity index (χ0v) is 20.8. The van der Waals surface area contributed by atoms with E-state index in [4.69, 9.17) is 14.6 Å². The Bertz CT molecular complexity index is 951. The van der Waals surface area contributed by atoms with Gasteiger partial charge in [-0.25, -0.2) is 9.97 Å². The Kier molecular flexibility index (Phi) is 7.91. The van der Waals surface area contributed by atoms with Gasteiger partial charge < -0.3 is 24.7 Å². The third-order valence-electron chi connectivity index (χ3n) is 7.63. The number of aromatic nitrogens is 2. The molecule has 3 heterocycles. The molecule has 8 nitrogen and oxygen atoms in total. The van der Waals surface area contributed by atoms with Gasteiger partial charge in [-0.05, 0) is 76.6 Å². The minimum Gasteiger partial charge on any atom is -0.490 e. The number of piperidine rings is 1. The maximum atomic E-state index is 10.0. The van der Waals surface area contributed by atoms with Crippen molar-refractivity contribution in [2.75, 3.05) is 37.7 Å². The van der Waals surface area contributed by atoms with Crippen LogP contribution < -0.4 is 9.64 Å². The summed E-state index contributed by atoms with van der Waals surface area (Å²) in [7, 11) is 0. The van der Waals surface area contributed by atoms with Crippen LogP contribution in [0, 0.1) is 5.41 Å². The van der Waals surface area contributed by atoms with Crippen LogP contribution in [-0.4, -0.2) is 76.0 Å². The van der Waals surface area contributed by atoms with Gasteiger partial charge in [0.2, 0.25) is 0 Å². The summed E-state index contributed by atoms with van der Waals surface area (Å²) >= 11 is 0. The highest BCUT2D eigenvalue weighted by molar-refractivity contribution is 5.46. The number of likely N-dealkylation sites (tertiary alicyclic amines) is 1. The largest absolute Gasteiger partial charge is 0.490 e. The van der Waals surface area contributed by atoms with Crippen molar-refractivity contribution in [2.24, 2.45) is 5.41 Å². The molecule has 1 atom stereocenters. The zero-order chi connectivity index (χ0) is 24.9. The van der Waals surface area contributed by atoms with Crippen molar-refractivity contribution in [1.29, 1.82) is 0 Å². The molecule has 0 amide bonds. The molecule has 1 saturated carbocycles. The third kappa shape index (κ3) is 6.30. The molecular formula is C27H38N4O4. The van der Waals surface area contributed by atoms with Crippen molar-refractivity contribution in [3.63, 3.8) is 0 Å². The van der Waals surface area contributed by atoms with Crippen LogP contribution in [0.25, 0.3) is 0 Å². The summed E-state index contributed by atoms with van der Waals surface area (Å²) in [6.45, 7) is 8.29. The Balaban J connectivity index is 0.000000917. The molecule has 0 bridgehead atoms. The standard InChI is InChI=1S/C26H36N4O2.CH2O2/c1-25(2,31)18-32-24-6-4-3-5-23(24)20-8-11-29(12-9-20)21-7-10-26(13-21)16-30(17-26)22-14-27-19-28-15-22;2-1-3/h3-6,14-15,19-21,31H,7-13,16-18H2,1-2H3;1H,(H,2,3). The molecule has 35 heavy (non-hydrogen) atoms. The van der Waals surface area contributed by atoms with Gasteiger partial charge in [-0.1, -0.05) is 18.2 Å². The van der Waals surface area contributed by atoms with Gasteiger partial charge in [0.1, 0.15) is 18.7 Å². The molecule has 2 saturated heterocycles. The summed E-state index contributed by atoms with van der Waals surface area (Å²) in [6.07, 6.45) is 11.8. The second-order valence-corrected chi connectivity index (χ2v) is 10.9. The number of carboxylic acid groups (broad SMARTS) is 1. The van der Waals surface area contributed by atoms with Gasteiger partial charge >= 0.3 is 0 Å². The summed E-state index contributed by atoms with van der Waals surface area (Å²) in [4.78, 5) is 21.9. The molecule has 5 rings (SSSR count). The molecule has 2 N–H and O–H groups in total. The quantitative estimate of drug-likeness (QED) is 0.603. The van der Waals surface area contributed by atoms with Gasteiger partial charge in [0.05, 0.1) is 23.7 Å². The van der Waals surface area contributed by atoms with Crippen LogP contribution in [0.2, 0.25) is 0 Å². The lowest BCUT2D eigenvalue weighted by atomic mass is 9.77. The molecule has 1 unspecified atom stereocenters. The highest BCUT2D eigenvalue weighted by atomic mass is 16.5. The minimum absolute atomic E-state index is 0.250. The molecule has 2 aliphatic heterocycles. The summed E-state index contributed by atoms with van der Waals surface area (Å²) in [5, 5.41) is 16.9. The van der Waals surface area contributed by atoms with Gasteiger partial charge in [0.25, 0.3) is 6.47 Å². The molecule has 3 aliphatic rings. The predicted molar refractivity (Wildman–Crippen MR) is 135 cm³/mol. The Labute approximate surface area is 208 Å². The molecule has 1 aliphatic carbocycles. The van der Waals surface area contributed by atoms with Crippen LogP contribution in [0.15, 0.2) is 43.0 Å². The number of ether oxygens (including phenoxy) is 1. The van der Waals surface area contributed by atoms with Crippen LogP contribution in [0.5, 0.6) is 5.75 Å². The van der Waals surface area contributed by atoms with E-state index in [1.165, 1.54) is 50.8 Å². The number of carbonyl (C=O) groups is 1. The number of nitrogens with zero attached hydrogens (tertiary/aromatic N) is 4. The number of hydrogen-bond donors (Lipinski definition) is 2. The van der Waals surface area contributed by atoms with Crippen molar-refractivity contribution < 1.29 is 19.7 Å². The summed E-state index contributed by atoms with van der Waals surface area (Å²) in [5.41, 5.74) is 2.14. The fraction of sp³-hybridized carbons (Fsp3) is 0.593. The van der Waals surface area contributed by atoms with E-state index >= 15 is 0 Å². The Hall–Kier alpha value is -2.71. The van der Waals surface area contributed by atoms with Crippen molar-refractivity contribution in [1.82, 2.24) is 14.9 Å². The minimum atomic E-state index is -0.820. The topological polar surface area (TPSA) is 99.0 Å². The second-order valence-electron chi connectivity index (χ2n) is 10.9. The summed E-state index contributed by atoms with van der Waals surface area (Å²) in [6, 6.07) is 9.13. The van der Waals surface area contributed by atoms with E-state index in [-0.39, 0.29) is 6.47 Å². The van der Waals surface area contributed by atoms with Gasteiger partial charge in [-0.15, -0.1) is 0 Å². The van der Waals surface area contributed by atoms with Gasteiger partial charge in [-0.2, -0.15) is 0 Å². The SMILES string of the molecule is CC(C)(O)COc1ccccc1C1CCN(C2CCC3(C2)CN(c2cncnc2)C3)CC1.O=CO. The molecule has 1 aromatic carbocycles. The van der Waals surface area contributed by atoms with Crippen LogP contribution in [0.3, 0.4) is 0 Å². The fourth-order valence-corrected chi connectivity index (χ4v) is 5.96. The van der Waals surface area contributed by atoms with E-state index in [2.05, 4.69) is 31.9 Å². The van der Waals surface area contributed by atoms with Crippen LogP contribution >= 0.6 is 0 Å². The van der Waals surface area contributed by atoms with E-state index in [0.29, 0.717) is 17.9 Å². The first-order valence-corrected chi connectivity index (χ1v) is 12.6. The fourth-order valence-electron chi connectivity index (χ4n) is 5.96. The van der Waals surface area contributed by atoms with Crippen molar-refractivity contribution in [3.8, 4) is 5.75 Å². The van der Waals surface area contributed by atoms with Gasteiger partial charge in [-0.3, -0.25) is 4.79 Å². The van der Waals surface area contributed by atoms with Crippen molar-refractivity contribution >= 4 is 12.2 Å². The van der Waals surface area contributed by atoms with Gasteiger partial charge in [0, 0.05) is 24.5 Å². The van der Waals surface area contributed by atoms with E-state index in [1.54, 1.807) is 20.2 Å². The monoisotopic (exact) mass is 482 g/mol.